The molecule has 6 heteroatoms. The highest BCUT2D eigenvalue weighted by molar-refractivity contribution is 5.94. The van der Waals surface area contributed by atoms with Crippen molar-refractivity contribution in [2.75, 3.05) is 6.54 Å². The molecule has 0 saturated heterocycles. The molecule has 0 aliphatic rings. The van der Waals surface area contributed by atoms with Crippen molar-refractivity contribution in [1.82, 2.24) is 10.3 Å². The van der Waals surface area contributed by atoms with Crippen LogP contribution in [0.25, 0.3) is 11.5 Å². The molecular weight excluding hydrogens is 338 g/mol. The van der Waals surface area contributed by atoms with Gasteiger partial charge in [0.05, 0.1) is 5.69 Å². The van der Waals surface area contributed by atoms with Crippen molar-refractivity contribution in [3.05, 3.63) is 76.7 Å². The molecule has 26 heavy (non-hydrogen) atoms. The summed E-state index contributed by atoms with van der Waals surface area (Å²) in [6, 6.07) is 10.9. The van der Waals surface area contributed by atoms with Crippen molar-refractivity contribution < 1.29 is 18.0 Å². The van der Waals surface area contributed by atoms with Gasteiger partial charge in [0.1, 0.15) is 5.76 Å². The summed E-state index contributed by atoms with van der Waals surface area (Å²) in [5, 5.41) is 2.67. The number of hydrogen-bond acceptors (Lipinski definition) is 3. The van der Waals surface area contributed by atoms with Crippen LogP contribution in [0.2, 0.25) is 0 Å². The molecule has 1 N–H and O–H groups in total. The molecule has 4 nitrogen and oxygen atoms in total. The van der Waals surface area contributed by atoms with E-state index in [4.69, 9.17) is 4.42 Å². The van der Waals surface area contributed by atoms with Gasteiger partial charge in [0.15, 0.2) is 11.6 Å². The third kappa shape index (κ3) is 3.96. The Hall–Kier alpha value is -3.02. The maximum Gasteiger partial charge on any atom is 0.251 e. The molecule has 0 radical (unpaired) electrons. The fourth-order valence-electron chi connectivity index (χ4n) is 2.51. The first kappa shape index (κ1) is 17.8. The number of hydrogen-bond donors (Lipinski definition) is 1. The smallest absolute Gasteiger partial charge is 0.251 e. The molecule has 0 aliphatic carbocycles. The van der Waals surface area contributed by atoms with Gasteiger partial charge in [0.25, 0.3) is 5.91 Å². The van der Waals surface area contributed by atoms with E-state index in [2.05, 4.69) is 10.3 Å². The van der Waals surface area contributed by atoms with Crippen LogP contribution in [-0.4, -0.2) is 17.4 Å². The molecule has 2 aromatic carbocycles. The van der Waals surface area contributed by atoms with Crippen molar-refractivity contribution in [3.63, 3.8) is 0 Å². The second kappa shape index (κ2) is 7.47. The summed E-state index contributed by atoms with van der Waals surface area (Å²) in [5.41, 5.74) is 2.85. The number of benzene rings is 2. The number of aromatic nitrogens is 1. The Kier molecular flexibility index (Phi) is 5.11. The molecule has 0 fully saturated rings. The molecule has 0 unspecified atom stereocenters. The number of carbonyl (C=O) groups is 1. The second-order valence-electron chi connectivity index (χ2n) is 6.02. The van der Waals surface area contributed by atoms with E-state index in [9.17, 15) is 13.6 Å². The molecule has 3 rings (SSSR count). The number of nitrogens with one attached hydrogen (secondary N) is 1. The predicted octanol–water partition coefficient (Wildman–Crippen LogP) is 4.21. The Morgan fingerprint density at radius 1 is 1.08 bits per heavy atom. The van der Waals surface area contributed by atoms with E-state index in [1.165, 1.54) is 6.07 Å². The van der Waals surface area contributed by atoms with E-state index in [1.807, 2.05) is 38.1 Å². The lowest BCUT2D eigenvalue weighted by Crippen LogP contribution is -2.26. The Bertz CT molecular complexity index is 933. The third-order valence-corrected chi connectivity index (χ3v) is 4.02. The Balaban J connectivity index is 1.62. The predicted molar refractivity (Wildman–Crippen MR) is 93.8 cm³/mol. The van der Waals surface area contributed by atoms with Gasteiger partial charge in [-0.1, -0.05) is 17.7 Å². The highest BCUT2D eigenvalue weighted by atomic mass is 19.2. The Morgan fingerprint density at radius 3 is 2.50 bits per heavy atom. The number of carbonyl (C=O) groups excluding carboxylic acids is 1. The van der Waals surface area contributed by atoms with Crippen LogP contribution < -0.4 is 5.32 Å². The normalized spacial score (nSPS) is 10.8. The van der Waals surface area contributed by atoms with Crippen LogP contribution in [0.5, 0.6) is 0 Å². The van der Waals surface area contributed by atoms with E-state index >= 15 is 0 Å². The van der Waals surface area contributed by atoms with Crippen LogP contribution in [0.15, 0.2) is 46.9 Å². The zero-order valence-corrected chi connectivity index (χ0v) is 14.5. The van der Waals surface area contributed by atoms with Gasteiger partial charge in [-0.25, -0.2) is 13.8 Å². The van der Waals surface area contributed by atoms with Crippen LogP contribution in [0.1, 0.15) is 27.4 Å². The van der Waals surface area contributed by atoms with E-state index in [1.54, 1.807) is 0 Å². The SMILES string of the molecule is Cc1ccc(-c2nc(CCNC(=O)c3ccc(F)c(F)c3)c(C)o2)cc1. The summed E-state index contributed by atoms with van der Waals surface area (Å²) in [4.78, 5) is 16.5. The summed E-state index contributed by atoms with van der Waals surface area (Å²) in [5.74, 6) is -1.29. The minimum absolute atomic E-state index is 0.0705. The number of aryl methyl sites for hydroxylation is 2. The minimum atomic E-state index is -1.05. The summed E-state index contributed by atoms with van der Waals surface area (Å²) in [6.45, 7) is 4.13. The lowest BCUT2D eigenvalue weighted by molar-refractivity contribution is 0.0953. The highest BCUT2D eigenvalue weighted by Gasteiger charge is 2.13. The van der Waals surface area contributed by atoms with Crippen molar-refractivity contribution in [3.8, 4) is 11.5 Å². The molecule has 0 aliphatic heterocycles. The van der Waals surface area contributed by atoms with E-state index in [-0.39, 0.29) is 5.56 Å². The molecular formula is C20H18F2N2O2. The summed E-state index contributed by atoms with van der Waals surface area (Å²) in [6.07, 6.45) is 0.469. The molecule has 3 aromatic rings. The lowest BCUT2D eigenvalue weighted by Gasteiger charge is -2.04. The lowest BCUT2D eigenvalue weighted by atomic mass is 10.1. The Morgan fingerprint density at radius 2 is 1.81 bits per heavy atom. The number of halogens is 2. The first-order valence-corrected chi connectivity index (χ1v) is 8.20. The van der Waals surface area contributed by atoms with Gasteiger partial charge in [-0.15, -0.1) is 0 Å². The van der Waals surface area contributed by atoms with Crippen LogP contribution >= 0.6 is 0 Å². The number of oxazole rings is 1. The molecule has 1 amide bonds. The van der Waals surface area contributed by atoms with Crippen LogP contribution in [-0.2, 0) is 6.42 Å². The molecule has 0 atom stereocenters. The van der Waals surface area contributed by atoms with Crippen LogP contribution in [0, 0.1) is 25.5 Å². The summed E-state index contributed by atoms with van der Waals surface area (Å²) in [7, 11) is 0. The van der Waals surface area contributed by atoms with Crippen molar-refractivity contribution in [2.24, 2.45) is 0 Å². The van der Waals surface area contributed by atoms with Gasteiger partial charge in [0.2, 0.25) is 5.89 Å². The zero-order valence-electron chi connectivity index (χ0n) is 14.5. The molecule has 1 aromatic heterocycles. The monoisotopic (exact) mass is 356 g/mol. The van der Waals surface area contributed by atoms with E-state index in [0.29, 0.717) is 24.6 Å². The average Bonchev–Trinajstić information content (AvgIpc) is 2.98. The van der Waals surface area contributed by atoms with Gasteiger partial charge < -0.3 is 9.73 Å². The maximum atomic E-state index is 13.2. The van der Waals surface area contributed by atoms with Gasteiger partial charge in [-0.3, -0.25) is 4.79 Å². The van der Waals surface area contributed by atoms with E-state index < -0.39 is 17.5 Å². The third-order valence-electron chi connectivity index (χ3n) is 4.02. The largest absolute Gasteiger partial charge is 0.441 e. The minimum Gasteiger partial charge on any atom is -0.441 e. The topological polar surface area (TPSA) is 55.1 Å². The summed E-state index contributed by atoms with van der Waals surface area (Å²) < 4.78 is 31.8. The zero-order chi connectivity index (χ0) is 18.7. The number of amides is 1. The van der Waals surface area contributed by atoms with Gasteiger partial charge in [-0.2, -0.15) is 0 Å². The molecule has 0 saturated carbocycles. The molecule has 0 bridgehead atoms. The quantitative estimate of drug-likeness (QED) is 0.745. The van der Waals surface area contributed by atoms with Crippen molar-refractivity contribution in [2.45, 2.75) is 20.3 Å². The summed E-state index contributed by atoms with van der Waals surface area (Å²) >= 11 is 0. The Labute approximate surface area is 149 Å². The van der Waals surface area contributed by atoms with Crippen molar-refractivity contribution >= 4 is 5.91 Å². The number of nitrogens with zero attached hydrogens (tertiary/aromatic N) is 1. The van der Waals surface area contributed by atoms with Crippen LogP contribution in [0.4, 0.5) is 8.78 Å². The molecule has 1 heterocycles. The fraction of sp³-hybridized carbons (Fsp3) is 0.200. The molecule has 0 spiro atoms. The van der Waals surface area contributed by atoms with Gasteiger partial charge >= 0.3 is 0 Å². The first-order chi connectivity index (χ1) is 12.4. The first-order valence-electron chi connectivity index (χ1n) is 8.20. The highest BCUT2D eigenvalue weighted by Crippen LogP contribution is 2.22. The standard InChI is InChI=1S/C20H18F2N2O2/c1-12-3-5-14(6-4-12)20-24-18(13(2)26-20)9-10-23-19(25)15-7-8-16(21)17(22)11-15/h3-8,11H,9-10H2,1-2H3,(H,23,25). The van der Waals surface area contributed by atoms with E-state index in [0.717, 1.165) is 29.0 Å². The van der Waals surface area contributed by atoms with Gasteiger partial charge in [-0.05, 0) is 44.2 Å². The average molecular weight is 356 g/mol. The fourth-order valence-corrected chi connectivity index (χ4v) is 2.51. The number of rotatable bonds is 5. The van der Waals surface area contributed by atoms with Crippen LogP contribution in [0.3, 0.4) is 0 Å². The molecule has 134 valence electrons. The van der Waals surface area contributed by atoms with Crippen molar-refractivity contribution in [1.29, 1.82) is 0 Å². The van der Waals surface area contributed by atoms with Gasteiger partial charge in [0, 0.05) is 24.1 Å². The maximum absolute atomic E-state index is 13.2. The second-order valence-corrected chi connectivity index (χ2v) is 6.02.